The van der Waals surface area contributed by atoms with E-state index in [1.165, 1.54) is 18.2 Å². The van der Waals surface area contributed by atoms with Crippen LogP contribution in [0.5, 0.6) is 0 Å². The van der Waals surface area contributed by atoms with Gasteiger partial charge in [0.2, 0.25) is 0 Å². The lowest BCUT2D eigenvalue weighted by Gasteiger charge is -2.03. The molecule has 0 heterocycles. The molecule has 0 spiro atoms. The monoisotopic (exact) mass is 235 g/mol. The summed E-state index contributed by atoms with van der Waals surface area (Å²) in [4.78, 5) is 21.7. The molecule has 0 aliphatic carbocycles. The Hall–Kier alpha value is -2.14. The zero-order valence-corrected chi connectivity index (χ0v) is 9.09. The van der Waals surface area contributed by atoms with Crippen LogP contribution in [0, 0.1) is 0 Å². The van der Waals surface area contributed by atoms with Crippen LogP contribution < -0.4 is 5.73 Å². The fraction of sp³-hybridized carbons (Fsp3) is 0.167. The Morgan fingerprint density at radius 1 is 1.24 bits per heavy atom. The molecule has 1 aromatic carbocycles. The minimum absolute atomic E-state index is 0.0578. The molecule has 0 amide bonds. The van der Waals surface area contributed by atoms with Gasteiger partial charge in [0.25, 0.3) is 0 Å². The van der Waals surface area contributed by atoms with E-state index in [1.807, 2.05) is 0 Å². The van der Waals surface area contributed by atoms with Crippen molar-refractivity contribution in [3.63, 3.8) is 0 Å². The van der Waals surface area contributed by atoms with Crippen molar-refractivity contribution in [3.8, 4) is 0 Å². The first-order chi connectivity index (χ1) is 8.06. The molecule has 90 valence electrons. The molecule has 1 rings (SSSR count). The normalized spacial score (nSPS) is 10.6. The second-order valence-corrected chi connectivity index (χ2v) is 3.39. The van der Waals surface area contributed by atoms with E-state index in [4.69, 9.17) is 15.9 Å². The number of carboxylic acid groups (broad SMARTS) is 2. The van der Waals surface area contributed by atoms with Crippen LogP contribution in [0.1, 0.15) is 32.7 Å². The van der Waals surface area contributed by atoms with Gasteiger partial charge in [-0.1, -0.05) is 12.2 Å². The molecule has 0 saturated heterocycles. The standard InChI is InChI=1S/C12H13NO4/c13-6-2-1-3-8-7-9(11(14)15)4-5-10(8)12(16)17/h1,3-5,7H,2,6,13H2,(H,14,15)(H,16,17). The fourth-order valence-electron chi connectivity index (χ4n) is 1.33. The summed E-state index contributed by atoms with van der Waals surface area (Å²) in [5.41, 5.74) is 5.80. The van der Waals surface area contributed by atoms with Crippen LogP contribution in [0.2, 0.25) is 0 Å². The van der Waals surface area contributed by atoms with Crippen LogP contribution in [0.15, 0.2) is 24.3 Å². The maximum absolute atomic E-state index is 10.9. The Balaban J connectivity index is 3.16. The van der Waals surface area contributed by atoms with Crippen LogP contribution in [0.25, 0.3) is 6.08 Å². The predicted molar refractivity (Wildman–Crippen MR) is 63.1 cm³/mol. The molecular weight excluding hydrogens is 222 g/mol. The van der Waals surface area contributed by atoms with Gasteiger partial charge in [-0.05, 0) is 36.7 Å². The van der Waals surface area contributed by atoms with Crippen molar-refractivity contribution in [3.05, 3.63) is 41.0 Å². The van der Waals surface area contributed by atoms with Crippen molar-refractivity contribution in [2.24, 2.45) is 5.73 Å². The molecule has 0 radical (unpaired) electrons. The van der Waals surface area contributed by atoms with Crippen molar-refractivity contribution >= 4 is 18.0 Å². The van der Waals surface area contributed by atoms with E-state index in [-0.39, 0.29) is 11.1 Å². The average Bonchev–Trinajstić information content (AvgIpc) is 2.28. The summed E-state index contributed by atoms with van der Waals surface area (Å²) < 4.78 is 0. The zero-order chi connectivity index (χ0) is 12.8. The van der Waals surface area contributed by atoms with Crippen LogP contribution >= 0.6 is 0 Å². The predicted octanol–water partition coefficient (Wildman–Crippen LogP) is 1.45. The quantitative estimate of drug-likeness (QED) is 0.717. The first kappa shape index (κ1) is 12.9. The highest BCUT2D eigenvalue weighted by Gasteiger charge is 2.11. The van der Waals surface area contributed by atoms with Crippen molar-refractivity contribution in [1.29, 1.82) is 0 Å². The molecule has 0 aliphatic heterocycles. The van der Waals surface area contributed by atoms with Gasteiger partial charge in [0.1, 0.15) is 0 Å². The van der Waals surface area contributed by atoms with E-state index in [2.05, 4.69) is 0 Å². The molecule has 17 heavy (non-hydrogen) atoms. The summed E-state index contributed by atoms with van der Waals surface area (Å²) in [5, 5.41) is 17.8. The van der Waals surface area contributed by atoms with Crippen molar-refractivity contribution in [2.75, 3.05) is 6.54 Å². The molecule has 0 atom stereocenters. The molecule has 0 bridgehead atoms. The number of carboxylic acids is 2. The molecule has 5 heteroatoms. The van der Waals surface area contributed by atoms with Gasteiger partial charge in [-0.25, -0.2) is 9.59 Å². The second kappa shape index (κ2) is 5.81. The SMILES string of the molecule is NCCC=Cc1cc(C(=O)O)ccc1C(=O)O. The summed E-state index contributed by atoms with van der Waals surface area (Å²) >= 11 is 0. The van der Waals surface area contributed by atoms with Gasteiger partial charge < -0.3 is 15.9 Å². The molecular formula is C12H13NO4. The Labute approximate surface area is 98.2 Å². The number of aromatic carboxylic acids is 2. The minimum atomic E-state index is -1.09. The van der Waals surface area contributed by atoms with E-state index in [0.717, 1.165) is 0 Å². The molecule has 0 aliphatic rings. The van der Waals surface area contributed by atoms with E-state index in [0.29, 0.717) is 18.5 Å². The maximum atomic E-state index is 10.9. The summed E-state index contributed by atoms with van der Waals surface area (Å²) in [6, 6.07) is 3.89. The smallest absolute Gasteiger partial charge is 0.336 e. The Bertz CT molecular complexity index is 466. The number of benzene rings is 1. The lowest BCUT2D eigenvalue weighted by Crippen LogP contribution is -2.03. The zero-order valence-electron chi connectivity index (χ0n) is 9.09. The van der Waals surface area contributed by atoms with Crippen LogP contribution in [0.3, 0.4) is 0 Å². The van der Waals surface area contributed by atoms with Gasteiger partial charge in [0, 0.05) is 0 Å². The van der Waals surface area contributed by atoms with Gasteiger partial charge >= 0.3 is 11.9 Å². The Morgan fingerprint density at radius 2 is 1.94 bits per heavy atom. The number of rotatable bonds is 5. The van der Waals surface area contributed by atoms with E-state index in [1.54, 1.807) is 12.2 Å². The highest BCUT2D eigenvalue weighted by atomic mass is 16.4. The fourth-order valence-corrected chi connectivity index (χ4v) is 1.33. The molecule has 4 N–H and O–H groups in total. The first-order valence-electron chi connectivity index (χ1n) is 5.03. The van der Waals surface area contributed by atoms with Gasteiger partial charge in [-0.15, -0.1) is 0 Å². The molecule has 0 unspecified atom stereocenters. The van der Waals surface area contributed by atoms with E-state index < -0.39 is 11.9 Å². The first-order valence-corrected chi connectivity index (χ1v) is 5.03. The number of hydrogen-bond donors (Lipinski definition) is 3. The summed E-state index contributed by atoms with van der Waals surface area (Å²) in [7, 11) is 0. The number of carbonyl (C=O) groups is 2. The van der Waals surface area contributed by atoms with E-state index in [9.17, 15) is 9.59 Å². The van der Waals surface area contributed by atoms with Crippen LogP contribution in [-0.4, -0.2) is 28.7 Å². The summed E-state index contributed by atoms with van der Waals surface area (Å²) in [6.07, 6.45) is 3.90. The Kier molecular flexibility index (Phi) is 4.42. The molecule has 5 nitrogen and oxygen atoms in total. The maximum Gasteiger partial charge on any atom is 0.336 e. The summed E-state index contributed by atoms with van der Waals surface area (Å²) in [6.45, 7) is 0.456. The largest absolute Gasteiger partial charge is 0.478 e. The van der Waals surface area contributed by atoms with Gasteiger partial charge in [-0.2, -0.15) is 0 Å². The van der Waals surface area contributed by atoms with Crippen molar-refractivity contribution in [1.82, 2.24) is 0 Å². The third kappa shape index (κ3) is 3.42. The lowest BCUT2D eigenvalue weighted by atomic mass is 10.0. The summed E-state index contributed by atoms with van der Waals surface area (Å²) in [5.74, 6) is -2.18. The molecule has 0 saturated carbocycles. The number of hydrogen-bond acceptors (Lipinski definition) is 3. The molecule has 0 aromatic heterocycles. The van der Waals surface area contributed by atoms with Gasteiger partial charge in [0.05, 0.1) is 11.1 Å². The number of nitrogens with two attached hydrogens (primary N) is 1. The minimum Gasteiger partial charge on any atom is -0.478 e. The molecule has 0 fully saturated rings. The Morgan fingerprint density at radius 3 is 2.47 bits per heavy atom. The highest BCUT2D eigenvalue weighted by molar-refractivity contribution is 5.95. The van der Waals surface area contributed by atoms with Crippen molar-refractivity contribution in [2.45, 2.75) is 6.42 Å². The average molecular weight is 235 g/mol. The third-order valence-corrected chi connectivity index (χ3v) is 2.16. The molecule has 1 aromatic rings. The van der Waals surface area contributed by atoms with Crippen LogP contribution in [-0.2, 0) is 0 Å². The lowest BCUT2D eigenvalue weighted by molar-refractivity contribution is 0.0681. The van der Waals surface area contributed by atoms with E-state index >= 15 is 0 Å². The van der Waals surface area contributed by atoms with Gasteiger partial charge in [-0.3, -0.25) is 0 Å². The van der Waals surface area contributed by atoms with Crippen molar-refractivity contribution < 1.29 is 19.8 Å². The highest BCUT2D eigenvalue weighted by Crippen LogP contribution is 2.14. The topological polar surface area (TPSA) is 101 Å². The third-order valence-electron chi connectivity index (χ3n) is 2.16. The van der Waals surface area contributed by atoms with Gasteiger partial charge in [0.15, 0.2) is 0 Å². The second-order valence-electron chi connectivity index (χ2n) is 3.39. The van der Waals surface area contributed by atoms with Crippen LogP contribution in [0.4, 0.5) is 0 Å².